The Morgan fingerprint density at radius 3 is 2.77 bits per heavy atom. The van der Waals surface area contributed by atoms with Crippen molar-refractivity contribution in [2.75, 3.05) is 20.2 Å². The predicted octanol–water partition coefficient (Wildman–Crippen LogP) is 3.98. The second-order valence-electron chi connectivity index (χ2n) is 6.28. The third kappa shape index (κ3) is 4.91. The van der Waals surface area contributed by atoms with E-state index in [-0.39, 0.29) is 30.3 Å². The number of ether oxygens (including phenoxy) is 1. The number of halogens is 2. The van der Waals surface area contributed by atoms with Gasteiger partial charge < -0.3 is 15.4 Å². The van der Waals surface area contributed by atoms with Crippen molar-refractivity contribution in [3.8, 4) is 5.75 Å². The molecule has 1 aliphatic rings. The number of amides is 1. The van der Waals surface area contributed by atoms with Crippen LogP contribution in [-0.2, 0) is 4.79 Å². The number of rotatable bonds is 5. The Labute approximate surface area is 165 Å². The summed E-state index contributed by atoms with van der Waals surface area (Å²) < 4.78 is 5.34. The topological polar surface area (TPSA) is 50.4 Å². The SMILES string of the molecule is COc1cccc(C(NC(=O)C2CCCNC2)c2ccccc2Cl)c1.Cl. The zero-order valence-electron chi connectivity index (χ0n) is 14.7. The lowest BCUT2D eigenvalue weighted by molar-refractivity contribution is -0.126. The van der Waals surface area contributed by atoms with E-state index in [0.717, 1.165) is 42.8 Å². The standard InChI is InChI=1S/C20H23ClN2O2.ClH/c1-25-16-8-4-6-14(12-16)19(17-9-2-3-10-18(17)21)23-20(24)15-7-5-11-22-13-15;/h2-4,6,8-10,12,15,19,22H,5,7,11,13H2,1H3,(H,23,24);1H. The van der Waals surface area contributed by atoms with Gasteiger partial charge in [0.05, 0.1) is 19.1 Å². The summed E-state index contributed by atoms with van der Waals surface area (Å²) >= 11 is 6.42. The van der Waals surface area contributed by atoms with Crippen molar-refractivity contribution in [2.45, 2.75) is 18.9 Å². The minimum atomic E-state index is -0.307. The fourth-order valence-corrected chi connectivity index (χ4v) is 3.45. The quantitative estimate of drug-likeness (QED) is 0.806. The largest absolute Gasteiger partial charge is 0.497 e. The van der Waals surface area contributed by atoms with Gasteiger partial charge in [0.1, 0.15) is 5.75 Å². The third-order valence-electron chi connectivity index (χ3n) is 4.60. The highest BCUT2D eigenvalue weighted by molar-refractivity contribution is 6.31. The van der Waals surface area contributed by atoms with Crippen molar-refractivity contribution in [1.29, 1.82) is 0 Å². The minimum absolute atomic E-state index is 0. The Morgan fingerprint density at radius 1 is 1.27 bits per heavy atom. The Morgan fingerprint density at radius 2 is 2.08 bits per heavy atom. The summed E-state index contributed by atoms with van der Waals surface area (Å²) in [6.07, 6.45) is 1.93. The second-order valence-corrected chi connectivity index (χ2v) is 6.69. The molecule has 3 rings (SSSR count). The Hall–Kier alpha value is -1.75. The van der Waals surface area contributed by atoms with Crippen LogP contribution in [0.25, 0.3) is 0 Å². The maximum Gasteiger partial charge on any atom is 0.225 e. The zero-order valence-corrected chi connectivity index (χ0v) is 16.3. The van der Waals surface area contributed by atoms with E-state index >= 15 is 0 Å². The molecule has 0 spiro atoms. The fourth-order valence-electron chi connectivity index (χ4n) is 3.21. The number of hydrogen-bond acceptors (Lipinski definition) is 3. The molecule has 2 aromatic rings. The van der Waals surface area contributed by atoms with Gasteiger partial charge in [0.15, 0.2) is 0 Å². The Kier molecular flexibility index (Phi) is 7.76. The lowest BCUT2D eigenvalue weighted by atomic mass is 9.95. The fraction of sp³-hybridized carbons (Fsp3) is 0.350. The molecule has 0 radical (unpaired) electrons. The summed E-state index contributed by atoms with van der Waals surface area (Å²) in [7, 11) is 1.63. The van der Waals surface area contributed by atoms with E-state index in [1.165, 1.54) is 0 Å². The van der Waals surface area contributed by atoms with Gasteiger partial charge in [-0.05, 0) is 48.7 Å². The van der Waals surface area contributed by atoms with E-state index in [9.17, 15) is 4.79 Å². The number of methoxy groups -OCH3 is 1. The van der Waals surface area contributed by atoms with Gasteiger partial charge in [0.2, 0.25) is 5.91 Å². The van der Waals surface area contributed by atoms with Crippen LogP contribution < -0.4 is 15.4 Å². The third-order valence-corrected chi connectivity index (χ3v) is 4.94. The summed E-state index contributed by atoms with van der Waals surface area (Å²) in [5.41, 5.74) is 1.83. The van der Waals surface area contributed by atoms with Gasteiger partial charge in [-0.15, -0.1) is 12.4 Å². The molecule has 26 heavy (non-hydrogen) atoms. The highest BCUT2D eigenvalue weighted by Gasteiger charge is 2.26. The number of hydrogen-bond donors (Lipinski definition) is 2. The van der Waals surface area contributed by atoms with Crippen LogP contribution in [0.1, 0.15) is 30.0 Å². The van der Waals surface area contributed by atoms with Gasteiger partial charge in [-0.25, -0.2) is 0 Å². The number of carbonyl (C=O) groups excluding carboxylic acids is 1. The first-order valence-electron chi connectivity index (χ1n) is 8.58. The van der Waals surface area contributed by atoms with Crippen molar-refractivity contribution < 1.29 is 9.53 Å². The molecule has 0 aromatic heterocycles. The van der Waals surface area contributed by atoms with E-state index in [0.29, 0.717) is 5.02 Å². The lowest BCUT2D eigenvalue weighted by Gasteiger charge is -2.26. The van der Waals surface area contributed by atoms with Crippen molar-refractivity contribution in [1.82, 2.24) is 10.6 Å². The molecule has 4 nitrogen and oxygen atoms in total. The van der Waals surface area contributed by atoms with Gasteiger partial charge in [0.25, 0.3) is 0 Å². The van der Waals surface area contributed by atoms with Gasteiger partial charge in [-0.3, -0.25) is 4.79 Å². The summed E-state index contributed by atoms with van der Waals surface area (Å²) in [4.78, 5) is 12.8. The molecule has 0 saturated carbocycles. The smallest absolute Gasteiger partial charge is 0.225 e. The van der Waals surface area contributed by atoms with Crippen molar-refractivity contribution in [3.05, 3.63) is 64.7 Å². The molecule has 2 atom stereocenters. The van der Waals surface area contributed by atoms with Crippen molar-refractivity contribution in [3.63, 3.8) is 0 Å². The van der Waals surface area contributed by atoms with Gasteiger partial charge in [-0.2, -0.15) is 0 Å². The van der Waals surface area contributed by atoms with Crippen LogP contribution in [0.15, 0.2) is 48.5 Å². The van der Waals surface area contributed by atoms with Crippen LogP contribution >= 0.6 is 24.0 Å². The van der Waals surface area contributed by atoms with Crippen LogP contribution in [0.5, 0.6) is 5.75 Å². The molecule has 2 unspecified atom stereocenters. The summed E-state index contributed by atoms with van der Waals surface area (Å²) in [6, 6.07) is 15.0. The molecule has 140 valence electrons. The van der Waals surface area contributed by atoms with Crippen LogP contribution in [0.4, 0.5) is 0 Å². The van der Waals surface area contributed by atoms with E-state index in [4.69, 9.17) is 16.3 Å². The van der Waals surface area contributed by atoms with Crippen molar-refractivity contribution in [2.24, 2.45) is 5.92 Å². The molecule has 2 N–H and O–H groups in total. The molecule has 0 bridgehead atoms. The van der Waals surface area contributed by atoms with Gasteiger partial charge >= 0.3 is 0 Å². The first kappa shape index (κ1) is 20.6. The monoisotopic (exact) mass is 394 g/mol. The molecule has 1 saturated heterocycles. The normalized spacial score (nSPS) is 17.7. The molecule has 0 aliphatic carbocycles. The highest BCUT2D eigenvalue weighted by Crippen LogP contribution is 2.30. The van der Waals surface area contributed by atoms with Crippen LogP contribution in [0, 0.1) is 5.92 Å². The van der Waals surface area contributed by atoms with E-state index in [1.807, 2.05) is 48.5 Å². The second kappa shape index (κ2) is 9.81. The molecule has 2 aromatic carbocycles. The van der Waals surface area contributed by atoms with Gasteiger partial charge in [-0.1, -0.05) is 41.9 Å². The predicted molar refractivity (Wildman–Crippen MR) is 107 cm³/mol. The first-order valence-corrected chi connectivity index (χ1v) is 8.96. The lowest BCUT2D eigenvalue weighted by Crippen LogP contribution is -2.42. The number of carbonyl (C=O) groups is 1. The first-order chi connectivity index (χ1) is 12.2. The zero-order chi connectivity index (χ0) is 17.6. The molecule has 1 aliphatic heterocycles. The average Bonchev–Trinajstić information content (AvgIpc) is 2.67. The molecule has 6 heteroatoms. The minimum Gasteiger partial charge on any atom is -0.497 e. The Bertz CT molecular complexity index is 733. The molecule has 1 amide bonds. The number of piperidine rings is 1. The van der Waals surface area contributed by atoms with Crippen LogP contribution in [0.3, 0.4) is 0 Å². The van der Waals surface area contributed by atoms with Crippen LogP contribution in [0.2, 0.25) is 5.02 Å². The van der Waals surface area contributed by atoms with Crippen LogP contribution in [-0.4, -0.2) is 26.1 Å². The van der Waals surface area contributed by atoms with E-state index < -0.39 is 0 Å². The Balaban J connectivity index is 0.00000243. The average molecular weight is 395 g/mol. The van der Waals surface area contributed by atoms with Crippen molar-refractivity contribution >= 4 is 29.9 Å². The van der Waals surface area contributed by atoms with Gasteiger partial charge in [0, 0.05) is 11.6 Å². The van der Waals surface area contributed by atoms with E-state index in [1.54, 1.807) is 7.11 Å². The maximum atomic E-state index is 12.8. The molecular weight excluding hydrogens is 371 g/mol. The number of nitrogens with one attached hydrogen (secondary N) is 2. The molecule has 1 heterocycles. The molecular formula is C20H24Cl2N2O2. The summed E-state index contributed by atoms with van der Waals surface area (Å²) in [5.74, 6) is 0.799. The number of benzene rings is 2. The summed E-state index contributed by atoms with van der Waals surface area (Å²) in [6.45, 7) is 1.70. The van der Waals surface area contributed by atoms with E-state index in [2.05, 4.69) is 10.6 Å². The highest BCUT2D eigenvalue weighted by atomic mass is 35.5. The molecule has 1 fully saturated rings. The maximum absolute atomic E-state index is 12.8. The summed E-state index contributed by atoms with van der Waals surface area (Å²) in [5, 5.41) is 7.12.